The lowest BCUT2D eigenvalue weighted by Gasteiger charge is -2.29. The number of methoxy groups -OCH3 is 1. The Kier molecular flexibility index (Phi) is 5.22. The minimum Gasteiger partial charge on any atom is -0.383 e. The Morgan fingerprint density at radius 2 is 2.08 bits per heavy atom. The Balaban J connectivity index is 2.07. The Hall–Kier alpha value is -2.48. The van der Waals surface area contributed by atoms with Crippen LogP contribution in [0.25, 0.3) is 5.95 Å². The molecule has 1 unspecified atom stereocenters. The predicted octanol–water partition coefficient (Wildman–Crippen LogP) is 2.24. The highest BCUT2D eigenvalue weighted by Gasteiger charge is 2.32. The van der Waals surface area contributed by atoms with Gasteiger partial charge in [-0.1, -0.05) is 0 Å². The summed E-state index contributed by atoms with van der Waals surface area (Å²) in [5, 5.41) is 7.26. The highest BCUT2D eigenvalue weighted by atomic mass is 16.5. The molecule has 3 heterocycles. The maximum atomic E-state index is 11.6. The Labute approximate surface area is 153 Å². The van der Waals surface area contributed by atoms with E-state index in [2.05, 4.69) is 27.2 Å². The van der Waals surface area contributed by atoms with Crippen LogP contribution in [0, 0.1) is 13.8 Å². The summed E-state index contributed by atoms with van der Waals surface area (Å²) in [7, 11) is 1.71. The summed E-state index contributed by atoms with van der Waals surface area (Å²) in [5.74, 6) is 1.53. The molecule has 0 radical (unpaired) electrons. The van der Waals surface area contributed by atoms with Crippen LogP contribution >= 0.6 is 0 Å². The fraction of sp³-hybridized carbons (Fsp3) is 0.556. The van der Waals surface area contributed by atoms with Gasteiger partial charge in [-0.2, -0.15) is 15.1 Å². The lowest BCUT2D eigenvalue weighted by Crippen LogP contribution is -2.38. The highest BCUT2D eigenvalue weighted by molar-refractivity contribution is 5.88. The minimum atomic E-state index is -0.170. The molecule has 2 aromatic heterocycles. The molecule has 8 heteroatoms. The van der Waals surface area contributed by atoms with Crippen molar-refractivity contribution >= 4 is 17.5 Å². The van der Waals surface area contributed by atoms with Gasteiger partial charge in [-0.25, -0.2) is 4.68 Å². The normalized spacial score (nSPS) is 19.8. The molecule has 26 heavy (non-hydrogen) atoms. The second-order valence-corrected chi connectivity index (χ2v) is 6.87. The molecule has 0 saturated carbocycles. The van der Waals surface area contributed by atoms with Crippen molar-refractivity contribution in [2.45, 2.75) is 52.6 Å². The summed E-state index contributed by atoms with van der Waals surface area (Å²) < 4.78 is 7.09. The van der Waals surface area contributed by atoms with E-state index in [4.69, 9.17) is 9.72 Å². The number of hydrogen-bond donors (Lipinski definition) is 1. The smallest absolute Gasteiger partial charge is 0.254 e. The Bertz CT molecular complexity index is 801. The molecule has 0 aromatic carbocycles. The number of amides is 1. The molecule has 0 bridgehead atoms. The number of aromatic nitrogens is 4. The number of rotatable bonds is 5. The lowest BCUT2D eigenvalue weighted by atomic mass is 10.2. The van der Waals surface area contributed by atoms with Gasteiger partial charge in [0, 0.05) is 31.8 Å². The summed E-state index contributed by atoms with van der Waals surface area (Å²) in [6, 6.07) is 4.38. The van der Waals surface area contributed by atoms with Gasteiger partial charge >= 0.3 is 0 Å². The number of carbonyl (C=O) groups is 1. The van der Waals surface area contributed by atoms with E-state index < -0.39 is 0 Å². The molecule has 8 nitrogen and oxygen atoms in total. The van der Waals surface area contributed by atoms with Crippen molar-refractivity contribution in [2.24, 2.45) is 0 Å². The van der Waals surface area contributed by atoms with Gasteiger partial charge in [0.05, 0.1) is 18.3 Å². The molecule has 2 aromatic rings. The number of nitrogens with zero attached hydrogens (tertiary/aromatic N) is 5. The van der Waals surface area contributed by atoms with Gasteiger partial charge in [0.1, 0.15) is 11.6 Å². The van der Waals surface area contributed by atoms with Crippen LogP contribution in [0.1, 0.15) is 38.1 Å². The Morgan fingerprint density at radius 1 is 1.31 bits per heavy atom. The maximum absolute atomic E-state index is 11.6. The van der Waals surface area contributed by atoms with Crippen molar-refractivity contribution in [3.05, 3.63) is 23.5 Å². The highest BCUT2D eigenvalue weighted by Crippen LogP contribution is 2.31. The quantitative estimate of drug-likeness (QED) is 0.882. The van der Waals surface area contributed by atoms with Crippen molar-refractivity contribution in [2.75, 3.05) is 23.9 Å². The van der Waals surface area contributed by atoms with E-state index in [1.165, 1.54) is 6.92 Å². The Morgan fingerprint density at radius 3 is 2.69 bits per heavy atom. The van der Waals surface area contributed by atoms with E-state index in [1.807, 2.05) is 26.0 Å². The molecule has 0 spiro atoms. The third-order valence-electron chi connectivity index (χ3n) is 4.61. The summed E-state index contributed by atoms with van der Waals surface area (Å²) in [4.78, 5) is 23.1. The van der Waals surface area contributed by atoms with Gasteiger partial charge in [0.25, 0.3) is 5.95 Å². The van der Waals surface area contributed by atoms with Crippen molar-refractivity contribution in [1.82, 2.24) is 19.7 Å². The summed E-state index contributed by atoms with van der Waals surface area (Å²) in [6.45, 7) is 8.18. The zero-order valence-electron chi connectivity index (χ0n) is 16.0. The molecule has 3 rings (SSSR count). The number of aryl methyl sites for hydroxylation is 2. The molecule has 1 saturated heterocycles. The van der Waals surface area contributed by atoms with Crippen LogP contribution in [0.4, 0.5) is 11.6 Å². The first kappa shape index (κ1) is 18.3. The van der Waals surface area contributed by atoms with Crippen LogP contribution < -0.4 is 10.2 Å². The molecule has 1 fully saturated rings. The standard InChI is InChI=1S/C18H26N6O2/c1-11-8-13(3)24(22-11)18-20-16(19-14(4)25)9-17(21-18)23-12(2)6-7-15(23)10-26-5/h8-9,12,15H,6-7,10H2,1-5H3,(H,19,20,21,25)/t12?,15-/m0/s1. The molecule has 0 aliphatic carbocycles. The fourth-order valence-electron chi connectivity index (χ4n) is 3.57. The van der Waals surface area contributed by atoms with Crippen molar-refractivity contribution < 1.29 is 9.53 Å². The number of carbonyl (C=O) groups excluding carboxylic acids is 1. The molecule has 140 valence electrons. The molecule has 1 aliphatic heterocycles. The van der Waals surface area contributed by atoms with Crippen LogP contribution in [0.2, 0.25) is 0 Å². The van der Waals surface area contributed by atoms with Gasteiger partial charge in [-0.05, 0) is 39.7 Å². The first-order valence-electron chi connectivity index (χ1n) is 8.86. The van der Waals surface area contributed by atoms with E-state index in [9.17, 15) is 4.79 Å². The summed E-state index contributed by atoms with van der Waals surface area (Å²) >= 11 is 0. The number of nitrogens with one attached hydrogen (secondary N) is 1. The van der Waals surface area contributed by atoms with Gasteiger partial charge in [0.15, 0.2) is 0 Å². The van der Waals surface area contributed by atoms with E-state index >= 15 is 0 Å². The maximum Gasteiger partial charge on any atom is 0.254 e. The van der Waals surface area contributed by atoms with Gasteiger partial charge in [0.2, 0.25) is 5.91 Å². The molecule has 1 N–H and O–H groups in total. The second kappa shape index (κ2) is 7.41. The minimum absolute atomic E-state index is 0.170. The summed E-state index contributed by atoms with van der Waals surface area (Å²) in [6.07, 6.45) is 2.12. The first-order valence-corrected chi connectivity index (χ1v) is 8.86. The lowest BCUT2D eigenvalue weighted by molar-refractivity contribution is -0.114. The van der Waals surface area contributed by atoms with Crippen LogP contribution in [0.3, 0.4) is 0 Å². The van der Waals surface area contributed by atoms with Gasteiger partial charge < -0.3 is 15.0 Å². The molecule has 1 amide bonds. The average molecular weight is 358 g/mol. The first-order chi connectivity index (χ1) is 12.4. The topological polar surface area (TPSA) is 85.2 Å². The van der Waals surface area contributed by atoms with Crippen molar-refractivity contribution in [3.8, 4) is 5.95 Å². The zero-order valence-corrected chi connectivity index (χ0v) is 16.0. The van der Waals surface area contributed by atoms with Crippen LogP contribution in [-0.2, 0) is 9.53 Å². The molecular weight excluding hydrogens is 332 g/mol. The predicted molar refractivity (Wildman–Crippen MR) is 99.8 cm³/mol. The van der Waals surface area contributed by atoms with Crippen molar-refractivity contribution in [1.29, 1.82) is 0 Å². The van der Waals surface area contributed by atoms with Crippen molar-refractivity contribution in [3.63, 3.8) is 0 Å². The third kappa shape index (κ3) is 3.70. The van der Waals surface area contributed by atoms with Gasteiger partial charge in [-0.3, -0.25) is 4.79 Å². The third-order valence-corrected chi connectivity index (χ3v) is 4.61. The van der Waals surface area contributed by atoms with Crippen LogP contribution in [-0.4, -0.2) is 51.5 Å². The number of anilines is 2. The van der Waals surface area contributed by atoms with Crippen LogP contribution in [0.15, 0.2) is 12.1 Å². The summed E-state index contributed by atoms with van der Waals surface area (Å²) in [5.41, 5.74) is 1.83. The molecule has 2 atom stereocenters. The average Bonchev–Trinajstić information content (AvgIpc) is 3.09. The number of hydrogen-bond acceptors (Lipinski definition) is 6. The number of ether oxygens (including phenoxy) is 1. The SMILES string of the molecule is COC[C@@H]1CCC(C)N1c1cc(NC(C)=O)nc(-n2nc(C)cc2C)n1. The fourth-order valence-corrected chi connectivity index (χ4v) is 3.57. The largest absolute Gasteiger partial charge is 0.383 e. The van der Waals surface area contributed by atoms with E-state index in [0.29, 0.717) is 24.4 Å². The van der Waals surface area contributed by atoms with E-state index in [-0.39, 0.29) is 11.9 Å². The van der Waals surface area contributed by atoms with Gasteiger partial charge in [-0.15, -0.1) is 0 Å². The zero-order chi connectivity index (χ0) is 18.8. The monoisotopic (exact) mass is 358 g/mol. The van der Waals surface area contributed by atoms with E-state index in [1.54, 1.807) is 11.8 Å². The van der Waals surface area contributed by atoms with Crippen LogP contribution in [0.5, 0.6) is 0 Å². The molecule has 1 aliphatic rings. The second-order valence-electron chi connectivity index (χ2n) is 6.87. The molecular formula is C18H26N6O2. The van der Waals surface area contributed by atoms with E-state index in [0.717, 1.165) is 30.0 Å².